The highest BCUT2D eigenvalue weighted by Gasteiger charge is 2.22. The molecule has 0 spiro atoms. The summed E-state index contributed by atoms with van der Waals surface area (Å²) in [5.74, 6) is 0.640. The summed E-state index contributed by atoms with van der Waals surface area (Å²) < 4.78 is 2.26. The van der Waals surface area contributed by atoms with E-state index in [1.807, 2.05) is 18.2 Å². The quantitative estimate of drug-likeness (QED) is 0.206. The van der Waals surface area contributed by atoms with Crippen LogP contribution in [0.25, 0.3) is 10.9 Å². The molecule has 2 rings (SSSR count). The number of aromatic nitrogens is 1. The molecule has 0 fully saturated rings. The van der Waals surface area contributed by atoms with Gasteiger partial charge in [0.05, 0.1) is 5.56 Å². The molecule has 1 unspecified atom stereocenters. The van der Waals surface area contributed by atoms with Crippen molar-refractivity contribution in [1.82, 2.24) is 4.57 Å². The molecule has 0 saturated heterocycles. The van der Waals surface area contributed by atoms with Crippen molar-refractivity contribution in [2.24, 2.45) is 5.92 Å². The Morgan fingerprint density at radius 3 is 2.45 bits per heavy atom. The Balaban J connectivity index is 2.65. The van der Waals surface area contributed by atoms with Gasteiger partial charge in [-0.3, -0.25) is 4.79 Å². The molecule has 1 heterocycles. The van der Waals surface area contributed by atoms with Crippen LogP contribution in [0.3, 0.4) is 0 Å². The van der Waals surface area contributed by atoms with E-state index in [1.54, 1.807) is 0 Å². The first kappa shape index (κ1) is 25.2. The number of ketones is 1. The third-order valence-electron chi connectivity index (χ3n) is 5.93. The van der Waals surface area contributed by atoms with E-state index < -0.39 is 0 Å². The lowest BCUT2D eigenvalue weighted by Crippen LogP contribution is -2.07. The summed E-state index contributed by atoms with van der Waals surface area (Å²) in [6, 6.07) is 5.89. The largest absolute Gasteiger partial charge is 0.344 e. The van der Waals surface area contributed by atoms with Crippen LogP contribution in [0.1, 0.15) is 83.3 Å². The van der Waals surface area contributed by atoms with Gasteiger partial charge in [-0.05, 0) is 69.4 Å². The highest BCUT2D eigenvalue weighted by Crippen LogP contribution is 2.32. The van der Waals surface area contributed by atoms with Crippen molar-refractivity contribution in [3.8, 4) is 0 Å². The lowest BCUT2D eigenvalue weighted by Gasteiger charge is -2.10. The highest BCUT2D eigenvalue weighted by atomic mass is 35.5. The van der Waals surface area contributed by atoms with Crippen LogP contribution < -0.4 is 0 Å². The van der Waals surface area contributed by atoms with Crippen LogP contribution in [0.4, 0.5) is 0 Å². The van der Waals surface area contributed by atoms with Crippen LogP contribution in [0.2, 0.25) is 5.02 Å². The maximum absolute atomic E-state index is 13.9. The molecule has 0 aliphatic rings. The molecule has 0 N–H and O–H groups in total. The number of hydrogen-bond donors (Lipinski definition) is 0. The van der Waals surface area contributed by atoms with Gasteiger partial charge in [0, 0.05) is 33.7 Å². The minimum atomic E-state index is 0.122. The van der Waals surface area contributed by atoms with Crippen molar-refractivity contribution < 1.29 is 4.79 Å². The predicted octanol–water partition coefficient (Wildman–Crippen LogP) is 8.86. The molecule has 0 aliphatic heterocycles. The van der Waals surface area contributed by atoms with Crippen LogP contribution >= 0.6 is 11.6 Å². The Bertz CT molecular complexity index is 1020. The number of aryl methyl sites for hydroxylation is 1. The number of Topliss-reactive ketones (excluding diaryl/α,β-unsaturated/α-hetero) is 1. The van der Waals surface area contributed by atoms with Gasteiger partial charge >= 0.3 is 0 Å². The minimum absolute atomic E-state index is 0.122. The van der Waals surface area contributed by atoms with Crippen molar-refractivity contribution in [2.75, 3.05) is 0 Å². The molecule has 0 amide bonds. The summed E-state index contributed by atoms with van der Waals surface area (Å²) in [5.41, 5.74) is 6.12. The van der Waals surface area contributed by atoms with Crippen molar-refractivity contribution in [3.63, 3.8) is 0 Å². The summed E-state index contributed by atoms with van der Waals surface area (Å²) in [5, 5.41) is 1.62. The molecular formula is C28H38ClNO. The van der Waals surface area contributed by atoms with Gasteiger partial charge in [0.1, 0.15) is 0 Å². The van der Waals surface area contributed by atoms with Gasteiger partial charge < -0.3 is 4.57 Å². The molecule has 0 saturated carbocycles. The Morgan fingerprint density at radius 2 is 1.87 bits per heavy atom. The van der Waals surface area contributed by atoms with Crippen molar-refractivity contribution >= 4 is 28.3 Å². The van der Waals surface area contributed by atoms with Crippen LogP contribution in [0, 0.1) is 12.8 Å². The molecule has 168 valence electrons. The summed E-state index contributed by atoms with van der Waals surface area (Å²) in [4.78, 5) is 13.9. The summed E-state index contributed by atoms with van der Waals surface area (Å²) >= 11 is 6.33. The van der Waals surface area contributed by atoms with E-state index in [4.69, 9.17) is 11.6 Å². The van der Waals surface area contributed by atoms with E-state index in [2.05, 4.69) is 71.3 Å². The molecule has 0 bridgehead atoms. The van der Waals surface area contributed by atoms with Gasteiger partial charge in [-0.25, -0.2) is 0 Å². The lowest BCUT2D eigenvalue weighted by atomic mass is 9.94. The van der Waals surface area contributed by atoms with Crippen LogP contribution in [-0.4, -0.2) is 10.4 Å². The zero-order valence-electron chi connectivity index (χ0n) is 20.3. The third-order valence-corrected chi connectivity index (χ3v) is 6.16. The van der Waals surface area contributed by atoms with Crippen LogP contribution in [-0.2, 0) is 6.54 Å². The SMILES string of the molecule is CCC/C(=C\C(/C=C\C(C)CC)=C(C)C)C(=O)c1c(C)n(CCC)c2ccc(Cl)cc12. The predicted molar refractivity (Wildman–Crippen MR) is 136 cm³/mol. The second kappa shape index (κ2) is 11.5. The Hall–Kier alpha value is -2.06. The summed E-state index contributed by atoms with van der Waals surface area (Å²) in [7, 11) is 0. The molecule has 31 heavy (non-hydrogen) atoms. The summed E-state index contributed by atoms with van der Waals surface area (Å²) in [6.45, 7) is 15.9. The Kier molecular flexibility index (Phi) is 9.37. The standard InChI is InChI=1S/C28H38ClNO/c1-8-11-23(17-22(19(4)5)13-12-20(6)10-3)28(31)27-21(7)30(16-9-2)26-15-14-24(29)18-25(26)27/h12-15,17-18,20H,8-11,16H2,1-7H3/b13-12-,23-17+. The minimum Gasteiger partial charge on any atom is -0.344 e. The third kappa shape index (κ3) is 6.01. The first-order valence-corrected chi connectivity index (χ1v) is 12.0. The molecular weight excluding hydrogens is 402 g/mol. The topological polar surface area (TPSA) is 22.0 Å². The second-order valence-corrected chi connectivity index (χ2v) is 9.16. The fourth-order valence-electron chi connectivity index (χ4n) is 3.88. The van der Waals surface area contributed by atoms with Gasteiger partial charge in [0.2, 0.25) is 0 Å². The maximum Gasteiger partial charge on any atom is 0.191 e. The first-order valence-electron chi connectivity index (χ1n) is 11.6. The number of benzene rings is 1. The highest BCUT2D eigenvalue weighted by molar-refractivity contribution is 6.31. The van der Waals surface area contributed by atoms with Gasteiger partial charge in [-0.1, -0.05) is 69.9 Å². The van der Waals surface area contributed by atoms with E-state index >= 15 is 0 Å². The molecule has 1 atom stereocenters. The lowest BCUT2D eigenvalue weighted by molar-refractivity contribution is 0.103. The average molecular weight is 440 g/mol. The molecule has 2 nitrogen and oxygen atoms in total. The summed E-state index contributed by atoms with van der Waals surface area (Å²) in [6.07, 6.45) is 10.3. The smallest absolute Gasteiger partial charge is 0.191 e. The van der Waals surface area contributed by atoms with Crippen molar-refractivity contribution in [3.05, 3.63) is 69.4 Å². The fourth-order valence-corrected chi connectivity index (χ4v) is 4.06. The average Bonchev–Trinajstić information content (AvgIpc) is 3.00. The normalized spacial score (nSPS) is 13.2. The number of fused-ring (bicyclic) bond motifs is 1. The molecule has 0 radical (unpaired) electrons. The molecule has 1 aromatic carbocycles. The zero-order valence-corrected chi connectivity index (χ0v) is 21.1. The molecule has 3 heteroatoms. The molecule has 2 aromatic rings. The van der Waals surface area contributed by atoms with Crippen LogP contribution in [0.15, 0.2) is 53.1 Å². The zero-order chi connectivity index (χ0) is 23.1. The number of nitrogens with zero attached hydrogens (tertiary/aromatic N) is 1. The Morgan fingerprint density at radius 1 is 1.16 bits per heavy atom. The van der Waals surface area contributed by atoms with E-state index in [9.17, 15) is 4.79 Å². The monoisotopic (exact) mass is 439 g/mol. The number of allylic oxidation sites excluding steroid dienone is 6. The first-order chi connectivity index (χ1) is 14.7. The van der Waals surface area contributed by atoms with Gasteiger partial charge in [0.25, 0.3) is 0 Å². The second-order valence-electron chi connectivity index (χ2n) is 8.72. The Labute approximate surface area is 193 Å². The fraction of sp³-hybridized carbons (Fsp3) is 0.464. The molecule has 1 aromatic heterocycles. The number of carbonyl (C=O) groups excluding carboxylic acids is 1. The van der Waals surface area contributed by atoms with Crippen LogP contribution in [0.5, 0.6) is 0 Å². The molecule has 0 aliphatic carbocycles. The van der Waals surface area contributed by atoms with E-state index in [0.29, 0.717) is 10.9 Å². The van der Waals surface area contributed by atoms with E-state index in [-0.39, 0.29) is 5.78 Å². The van der Waals surface area contributed by atoms with E-state index in [0.717, 1.165) is 65.5 Å². The number of rotatable bonds is 10. The number of hydrogen-bond acceptors (Lipinski definition) is 1. The van der Waals surface area contributed by atoms with E-state index in [1.165, 1.54) is 5.57 Å². The maximum atomic E-state index is 13.9. The van der Waals surface area contributed by atoms with Gasteiger partial charge in [-0.2, -0.15) is 0 Å². The van der Waals surface area contributed by atoms with Gasteiger partial charge in [-0.15, -0.1) is 0 Å². The van der Waals surface area contributed by atoms with Crippen molar-refractivity contribution in [1.29, 1.82) is 0 Å². The number of halogens is 1. The van der Waals surface area contributed by atoms with Gasteiger partial charge in [0.15, 0.2) is 5.78 Å². The van der Waals surface area contributed by atoms with Crippen molar-refractivity contribution in [2.45, 2.75) is 80.7 Å². The number of carbonyl (C=O) groups is 1.